The summed E-state index contributed by atoms with van der Waals surface area (Å²) in [5.74, 6) is 2.08. The number of aromatic nitrogens is 2. The van der Waals surface area contributed by atoms with Crippen molar-refractivity contribution in [2.75, 3.05) is 20.0 Å². The summed E-state index contributed by atoms with van der Waals surface area (Å²) in [7, 11) is 3.28. The van der Waals surface area contributed by atoms with Gasteiger partial charge in [0, 0.05) is 18.0 Å². The molecule has 0 atom stereocenters. The van der Waals surface area contributed by atoms with E-state index < -0.39 is 0 Å². The lowest BCUT2D eigenvalue weighted by molar-refractivity contribution is 0.397. The Balaban J connectivity index is 2.33. The number of hydrogen-bond donors (Lipinski definition) is 1. The largest absolute Gasteiger partial charge is 0.497 e. The summed E-state index contributed by atoms with van der Waals surface area (Å²) in [4.78, 5) is 3.98. The highest BCUT2D eigenvalue weighted by molar-refractivity contribution is 5.41. The molecule has 2 N–H and O–H groups in total. The van der Waals surface area contributed by atoms with Crippen LogP contribution >= 0.6 is 0 Å². The number of rotatable bonds is 4. The summed E-state index contributed by atoms with van der Waals surface area (Å²) in [5, 5.41) is 0. The Morgan fingerprint density at radius 1 is 1.29 bits per heavy atom. The van der Waals surface area contributed by atoms with Crippen LogP contribution in [0.1, 0.15) is 5.56 Å². The van der Waals surface area contributed by atoms with Crippen LogP contribution in [0.5, 0.6) is 11.5 Å². The predicted octanol–water partition coefficient (Wildman–Crippen LogP) is 1.53. The van der Waals surface area contributed by atoms with Crippen LogP contribution in [0.15, 0.2) is 30.6 Å². The molecule has 0 fully saturated rings. The van der Waals surface area contributed by atoms with Gasteiger partial charge in [0.25, 0.3) is 0 Å². The normalized spacial score (nSPS) is 10.2. The number of anilines is 1. The van der Waals surface area contributed by atoms with Gasteiger partial charge in [-0.25, -0.2) is 4.98 Å². The molecule has 0 aliphatic heterocycles. The lowest BCUT2D eigenvalue weighted by atomic mass is 10.2. The average molecular weight is 233 g/mol. The Labute approximate surface area is 99.8 Å². The van der Waals surface area contributed by atoms with E-state index in [1.807, 2.05) is 29.0 Å². The first-order valence-electron chi connectivity index (χ1n) is 5.22. The third-order valence-corrected chi connectivity index (χ3v) is 2.58. The summed E-state index contributed by atoms with van der Waals surface area (Å²) in [6.45, 7) is 0.603. The molecule has 17 heavy (non-hydrogen) atoms. The Morgan fingerprint density at radius 2 is 2.12 bits per heavy atom. The number of nitrogens with zero attached hydrogens (tertiary/aromatic N) is 2. The van der Waals surface area contributed by atoms with Crippen molar-refractivity contribution in [3.8, 4) is 11.5 Å². The van der Waals surface area contributed by atoms with Gasteiger partial charge in [-0.2, -0.15) is 0 Å². The van der Waals surface area contributed by atoms with Crippen molar-refractivity contribution < 1.29 is 9.47 Å². The molecule has 0 aliphatic carbocycles. The van der Waals surface area contributed by atoms with Gasteiger partial charge in [-0.3, -0.25) is 0 Å². The molecule has 1 aromatic carbocycles. The lowest BCUT2D eigenvalue weighted by Gasteiger charge is -2.11. The minimum absolute atomic E-state index is 0.481. The van der Waals surface area contributed by atoms with E-state index in [4.69, 9.17) is 15.2 Å². The van der Waals surface area contributed by atoms with Gasteiger partial charge in [-0.1, -0.05) is 0 Å². The smallest absolute Gasteiger partial charge is 0.200 e. The number of nitrogen functional groups attached to an aromatic ring is 1. The Bertz CT molecular complexity index is 508. The van der Waals surface area contributed by atoms with Gasteiger partial charge in [-0.05, 0) is 18.2 Å². The van der Waals surface area contributed by atoms with E-state index in [1.54, 1.807) is 20.4 Å². The van der Waals surface area contributed by atoms with Gasteiger partial charge >= 0.3 is 0 Å². The molecule has 0 saturated heterocycles. The maximum Gasteiger partial charge on any atom is 0.200 e. The highest BCUT2D eigenvalue weighted by atomic mass is 16.5. The zero-order valence-electron chi connectivity index (χ0n) is 9.88. The second-order valence-electron chi connectivity index (χ2n) is 3.59. The number of imidazole rings is 1. The first kappa shape index (κ1) is 11.3. The van der Waals surface area contributed by atoms with Crippen LogP contribution < -0.4 is 15.2 Å². The molecule has 0 aliphatic rings. The van der Waals surface area contributed by atoms with Crippen LogP contribution in [-0.2, 0) is 6.54 Å². The fourth-order valence-corrected chi connectivity index (χ4v) is 1.66. The third-order valence-electron chi connectivity index (χ3n) is 2.58. The van der Waals surface area contributed by atoms with Crippen LogP contribution in [0.3, 0.4) is 0 Å². The summed E-state index contributed by atoms with van der Waals surface area (Å²) in [5.41, 5.74) is 6.73. The predicted molar refractivity (Wildman–Crippen MR) is 65.3 cm³/mol. The maximum absolute atomic E-state index is 5.73. The number of hydrogen-bond acceptors (Lipinski definition) is 4. The SMILES string of the molecule is COc1ccc(OC)c(Cn2ccnc2N)c1. The first-order valence-corrected chi connectivity index (χ1v) is 5.22. The van der Waals surface area contributed by atoms with Crippen LogP contribution in [-0.4, -0.2) is 23.8 Å². The van der Waals surface area contributed by atoms with Crippen molar-refractivity contribution in [2.45, 2.75) is 6.54 Å². The van der Waals surface area contributed by atoms with E-state index in [0.29, 0.717) is 12.5 Å². The number of benzene rings is 1. The molecule has 0 amide bonds. The minimum Gasteiger partial charge on any atom is -0.497 e. The van der Waals surface area contributed by atoms with Crippen molar-refractivity contribution in [2.24, 2.45) is 0 Å². The first-order chi connectivity index (χ1) is 8.24. The summed E-state index contributed by atoms with van der Waals surface area (Å²) >= 11 is 0. The summed E-state index contributed by atoms with van der Waals surface area (Å²) < 4.78 is 12.3. The zero-order valence-corrected chi connectivity index (χ0v) is 9.88. The molecule has 0 unspecified atom stereocenters. The van der Waals surface area contributed by atoms with Crippen molar-refractivity contribution in [3.05, 3.63) is 36.2 Å². The van der Waals surface area contributed by atoms with Gasteiger partial charge in [0.1, 0.15) is 11.5 Å². The monoisotopic (exact) mass is 233 g/mol. The molecule has 2 rings (SSSR count). The molecule has 0 radical (unpaired) electrons. The van der Waals surface area contributed by atoms with Crippen molar-refractivity contribution in [1.29, 1.82) is 0 Å². The fraction of sp³-hybridized carbons (Fsp3) is 0.250. The highest BCUT2D eigenvalue weighted by Crippen LogP contribution is 2.25. The van der Waals surface area contributed by atoms with E-state index in [-0.39, 0.29) is 0 Å². The fourth-order valence-electron chi connectivity index (χ4n) is 1.66. The number of ether oxygens (including phenoxy) is 2. The second-order valence-corrected chi connectivity index (χ2v) is 3.59. The Hall–Kier alpha value is -2.17. The van der Waals surface area contributed by atoms with Crippen LogP contribution in [0.4, 0.5) is 5.95 Å². The van der Waals surface area contributed by atoms with Crippen LogP contribution in [0.25, 0.3) is 0 Å². The molecular formula is C12H15N3O2. The highest BCUT2D eigenvalue weighted by Gasteiger charge is 2.07. The molecule has 90 valence electrons. The number of methoxy groups -OCH3 is 2. The van der Waals surface area contributed by atoms with Crippen molar-refractivity contribution >= 4 is 5.95 Å². The molecule has 5 heteroatoms. The van der Waals surface area contributed by atoms with Crippen LogP contribution in [0, 0.1) is 0 Å². The molecule has 1 aromatic heterocycles. The zero-order chi connectivity index (χ0) is 12.3. The van der Waals surface area contributed by atoms with Gasteiger partial charge in [0.2, 0.25) is 0 Å². The Morgan fingerprint density at radius 3 is 2.71 bits per heavy atom. The van der Waals surface area contributed by atoms with Gasteiger partial charge in [0.15, 0.2) is 5.95 Å². The molecule has 2 aromatic rings. The third kappa shape index (κ3) is 2.33. The molecule has 5 nitrogen and oxygen atoms in total. The maximum atomic E-state index is 5.73. The topological polar surface area (TPSA) is 62.3 Å². The molecule has 0 saturated carbocycles. The van der Waals surface area contributed by atoms with E-state index >= 15 is 0 Å². The lowest BCUT2D eigenvalue weighted by Crippen LogP contribution is -2.05. The minimum atomic E-state index is 0.481. The van der Waals surface area contributed by atoms with E-state index in [2.05, 4.69) is 4.98 Å². The molecular weight excluding hydrogens is 218 g/mol. The van der Waals surface area contributed by atoms with E-state index in [9.17, 15) is 0 Å². The molecule has 0 bridgehead atoms. The van der Waals surface area contributed by atoms with E-state index in [1.165, 1.54) is 0 Å². The Kier molecular flexibility index (Phi) is 3.18. The molecule has 1 heterocycles. The second kappa shape index (κ2) is 4.78. The standard InChI is InChI=1S/C12H15N3O2/c1-16-10-3-4-11(17-2)9(7-10)8-15-6-5-14-12(15)13/h3-7H,8H2,1-2H3,(H2,13,14). The van der Waals surface area contributed by atoms with Crippen molar-refractivity contribution in [1.82, 2.24) is 9.55 Å². The average Bonchev–Trinajstić information content (AvgIpc) is 2.75. The van der Waals surface area contributed by atoms with Gasteiger partial charge in [0.05, 0.1) is 20.8 Å². The van der Waals surface area contributed by atoms with Crippen LogP contribution in [0.2, 0.25) is 0 Å². The van der Waals surface area contributed by atoms with Gasteiger partial charge in [-0.15, -0.1) is 0 Å². The van der Waals surface area contributed by atoms with E-state index in [0.717, 1.165) is 17.1 Å². The summed E-state index contributed by atoms with van der Waals surface area (Å²) in [6.07, 6.45) is 3.50. The van der Waals surface area contributed by atoms with Crippen molar-refractivity contribution in [3.63, 3.8) is 0 Å². The quantitative estimate of drug-likeness (QED) is 0.870. The molecule has 0 spiro atoms. The van der Waals surface area contributed by atoms with Gasteiger partial charge < -0.3 is 19.8 Å². The number of nitrogens with two attached hydrogens (primary N) is 1. The summed E-state index contributed by atoms with van der Waals surface area (Å²) in [6, 6.07) is 5.67.